The normalized spacial score (nSPS) is 13.1. The van der Waals surface area contributed by atoms with E-state index < -0.39 is 0 Å². The van der Waals surface area contributed by atoms with Crippen molar-refractivity contribution in [2.24, 2.45) is 5.92 Å². The molecule has 0 aromatic carbocycles. The highest BCUT2D eigenvalue weighted by Gasteiger charge is 2.09. The number of nitrogens with zero attached hydrogens (tertiary/aromatic N) is 1. The lowest BCUT2D eigenvalue weighted by Crippen LogP contribution is -2.17. The van der Waals surface area contributed by atoms with Crippen LogP contribution >= 0.6 is 0 Å². The largest absolute Gasteiger partial charge is 0.396 e. The second-order valence-corrected chi connectivity index (χ2v) is 11.2. The van der Waals surface area contributed by atoms with E-state index in [0.29, 0.717) is 6.61 Å². The van der Waals surface area contributed by atoms with Crippen molar-refractivity contribution in [2.75, 3.05) is 27.2 Å². The van der Waals surface area contributed by atoms with E-state index in [2.05, 4.69) is 50.2 Å². The van der Waals surface area contributed by atoms with Gasteiger partial charge in [-0.1, -0.05) is 134 Å². The number of aliphatic hydroxyl groups is 1. The Hall–Kier alpha value is -0.600. The molecule has 2 nitrogen and oxygen atoms in total. The summed E-state index contributed by atoms with van der Waals surface area (Å²) >= 11 is 0. The average Bonchev–Trinajstić information content (AvgIpc) is 2.85. The van der Waals surface area contributed by atoms with Crippen LogP contribution in [-0.4, -0.2) is 37.3 Å². The Morgan fingerprint density at radius 1 is 0.543 bits per heavy atom. The van der Waals surface area contributed by atoms with Crippen molar-refractivity contribution in [3.8, 4) is 0 Å². The van der Waals surface area contributed by atoms with Gasteiger partial charge in [-0.15, -0.1) is 0 Å². The summed E-state index contributed by atoms with van der Waals surface area (Å²) in [6.45, 7) is 3.88. The molecule has 0 saturated carbocycles. The molecule has 35 heavy (non-hydrogen) atoms. The molecule has 0 rings (SSSR count). The molecule has 1 N–H and O–H groups in total. The molecule has 0 radical (unpaired) electrons. The Balaban J connectivity index is 3.62. The summed E-state index contributed by atoms with van der Waals surface area (Å²) in [4.78, 5) is 2.36. The zero-order valence-corrected chi connectivity index (χ0v) is 24.5. The minimum absolute atomic E-state index is 0.364. The first kappa shape index (κ1) is 34.4. The summed E-state index contributed by atoms with van der Waals surface area (Å²) in [5, 5.41) is 8.87. The van der Waals surface area contributed by atoms with Crippen molar-refractivity contribution < 1.29 is 5.11 Å². The molecule has 1 atom stereocenters. The van der Waals surface area contributed by atoms with Crippen molar-refractivity contribution in [3.05, 3.63) is 24.3 Å². The van der Waals surface area contributed by atoms with Crippen LogP contribution in [0.5, 0.6) is 0 Å². The molecular weight excluding hydrogens is 426 g/mol. The molecule has 0 aliphatic rings. The summed E-state index contributed by atoms with van der Waals surface area (Å²) < 4.78 is 0. The van der Waals surface area contributed by atoms with Crippen LogP contribution in [0.2, 0.25) is 0 Å². The maximum atomic E-state index is 8.87. The number of aliphatic hydroxyl groups excluding tert-OH is 1. The van der Waals surface area contributed by atoms with Crippen LogP contribution in [0.15, 0.2) is 24.3 Å². The van der Waals surface area contributed by atoms with Crippen LogP contribution in [0.3, 0.4) is 0 Å². The van der Waals surface area contributed by atoms with E-state index in [0.717, 1.165) is 18.8 Å². The van der Waals surface area contributed by atoms with Gasteiger partial charge >= 0.3 is 0 Å². The van der Waals surface area contributed by atoms with Crippen molar-refractivity contribution in [1.82, 2.24) is 4.90 Å². The zero-order valence-electron chi connectivity index (χ0n) is 24.5. The summed E-state index contributed by atoms with van der Waals surface area (Å²) in [5.41, 5.74) is 0. The van der Waals surface area contributed by atoms with Gasteiger partial charge in [0.2, 0.25) is 0 Å². The second kappa shape index (κ2) is 29.6. The average molecular weight is 492 g/mol. The van der Waals surface area contributed by atoms with E-state index in [1.165, 1.54) is 141 Å². The standard InChI is InChI=1S/C33H65NO/c1-4-5-6-7-8-9-10-11-12-13-14-15-16-17-19-22-25-28-33(30-31-34(2)3)29-26-23-20-18-21-24-27-32-35/h8-9,11-12,33,35H,4-7,10,13-32H2,1-3H3/b9-8-,12-11-/t33-/m0/s1. The Morgan fingerprint density at radius 3 is 1.49 bits per heavy atom. The number of hydrogen-bond acceptors (Lipinski definition) is 2. The molecule has 0 aliphatic heterocycles. The number of rotatable bonds is 28. The highest BCUT2D eigenvalue weighted by molar-refractivity contribution is 4.92. The van der Waals surface area contributed by atoms with Crippen LogP contribution < -0.4 is 0 Å². The third-order valence-electron chi connectivity index (χ3n) is 7.32. The summed E-state index contributed by atoms with van der Waals surface area (Å²) in [6, 6.07) is 0. The predicted octanol–water partition coefficient (Wildman–Crippen LogP) is 10.3. The topological polar surface area (TPSA) is 23.5 Å². The quantitative estimate of drug-likeness (QED) is 0.0869. The van der Waals surface area contributed by atoms with E-state index in [1.54, 1.807) is 0 Å². The number of allylic oxidation sites excluding steroid dienone is 4. The first-order valence-electron chi connectivity index (χ1n) is 15.8. The van der Waals surface area contributed by atoms with Gasteiger partial charge in [0.25, 0.3) is 0 Å². The highest BCUT2D eigenvalue weighted by Crippen LogP contribution is 2.22. The molecular formula is C33H65NO. The molecule has 0 aromatic heterocycles. The van der Waals surface area contributed by atoms with Crippen LogP contribution in [0.4, 0.5) is 0 Å². The Labute approximate surface area is 222 Å². The highest BCUT2D eigenvalue weighted by atomic mass is 16.2. The summed E-state index contributed by atoms with van der Waals surface area (Å²) in [5.74, 6) is 0.935. The van der Waals surface area contributed by atoms with Crippen LogP contribution in [0.25, 0.3) is 0 Å². The first-order chi connectivity index (χ1) is 17.2. The first-order valence-corrected chi connectivity index (χ1v) is 15.8. The molecule has 0 heterocycles. The molecule has 0 saturated heterocycles. The predicted molar refractivity (Wildman–Crippen MR) is 159 cm³/mol. The van der Waals surface area contributed by atoms with Crippen LogP contribution in [-0.2, 0) is 0 Å². The van der Waals surface area contributed by atoms with Gasteiger partial charge in [-0.25, -0.2) is 0 Å². The van der Waals surface area contributed by atoms with Gasteiger partial charge in [0.15, 0.2) is 0 Å². The monoisotopic (exact) mass is 492 g/mol. The number of unbranched alkanes of at least 4 members (excludes halogenated alkanes) is 16. The number of hydrogen-bond donors (Lipinski definition) is 1. The second-order valence-electron chi connectivity index (χ2n) is 11.2. The molecule has 2 heteroatoms. The van der Waals surface area contributed by atoms with E-state index in [1.807, 2.05) is 0 Å². The molecule has 0 unspecified atom stereocenters. The smallest absolute Gasteiger partial charge is 0.0431 e. The fourth-order valence-electron chi connectivity index (χ4n) is 4.90. The lowest BCUT2D eigenvalue weighted by atomic mass is 9.91. The summed E-state index contributed by atoms with van der Waals surface area (Å²) in [7, 11) is 4.43. The third kappa shape index (κ3) is 29.5. The van der Waals surface area contributed by atoms with Gasteiger partial charge < -0.3 is 10.0 Å². The molecule has 0 aromatic rings. The van der Waals surface area contributed by atoms with E-state index in [-0.39, 0.29) is 0 Å². The van der Waals surface area contributed by atoms with Gasteiger partial charge in [0, 0.05) is 6.61 Å². The maximum Gasteiger partial charge on any atom is 0.0431 e. The molecule has 0 aliphatic carbocycles. The fourth-order valence-corrected chi connectivity index (χ4v) is 4.90. The fraction of sp³-hybridized carbons (Fsp3) is 0.879. The third-order valence-corrected chi connectivity index (χ3v) is 7.32. The molecule has 208 valence electrons. The van der Waals surface area contributed by atoms with E-state index in [4.69, 9.17) is 5.11 Å². The van der Waals surface area contributed by atoms with Crippen molar-refractivity contribution in [2.45, 2.75) is 155 Å². The van der Waals surface area contributed by atoms with Crippen molar-refractivity contribution in [1.29, 1.82) is 0 Å². The molecule has 0 fully saturated rings. The van der Waals surface area contributed by atoms with Gasteiger partial charge in [-0.3, -0.25) is 0 Å². The zero-order chi connectivity index (χ0) is 25.7. The maximum absolute atomic E-state index is 8.87. The summed E-state index contributed by atoms with van der Waals surface area (Å²) in [6.07, 6.45) is 40.4. The molecule has 0 amide bonds. The minimum Gasteiger partial charge on any atom is -0.396 e. The lowest BCUT2D eigenvalue weighted by Gasteiger charge is -2.19. The van der Waals surface area contributed by atoms with Crippen molar-refractivity contribution >= 4 is 0 Å². The SMILES string of the molecule is CCCCC/C=C\C/C=C\CCCCCCCCC[C@@H](CCCCCCCCCO)CCN(C)C. The molecule has 0 bridgehead atoms. The molecule has 0 spiro atoms. The lowest BCUT2D eigenvalue weighted by molar-refractivity contribution is 0.282. The Bertz CT molecular complexity index is 442. The van der Waals surface area contributed by atoms with E-state index >= 15 is 0 Å². The van der Waals surface area contributed by atoms with E-state index in [9.17, 15) is 0 Å². The van der Waals surface area contributed by atoms with Gasteiger partial charge in [0.1, 0.15) is 0 Å². The van der Waals surface area contributed by atoms with Gasteiger partial charge in [-0.2, -0.15) is 0 Å². The van der Waals surface area contributed by atoms with Gasteiger partial charge in [-0.05, 0) is 71.5 Å². The van der Waals surface area contributed by atoms with Crippen LogP contribution in [0.1, 0.15) is 155 Å². The Kier molecular flexibility index (Phi) is 29.1. The van der Waals surface area contributed by atoms with Crippen molar-refractivity contribution in [3.63, 3.8) is 0 Å². The van der Waals surface area contributed by atoms with Gasteiger partial charge in [0.05, 0.1) is 0 Å². The Morgan fingerprint density at radius 2 is 1.00 bits per heavy atom. The minimum atomic E-state index is 0.364. The van der Waals surface area contributed by atoms with Crippen LogP contribution in [0, 0.1) is 5.92 Å².